The van der Waals surface area contributed by atoms with Gasteiger partial charge in [-0.1, -0.05) is 127 Å². The Kier molecular flexibility index (Phi) is 14.0. The first-order chi connectivity index (χ1) is 16.5. The zero-order chi connectivity index (χ0) is 24.6. The molecule has 2 heteroatoms. The number of aromatic nitrogens is 1. The molecule has 1 aromatic heterocycles. The van der Waals surface area contributed by atoms with Crippen molar-refractivity contribution in [2.45, 2.75) is 137 Å². The molecule has 1 aromatic carbocycles. The van der Waals surface area contributed by atoms with Crippen molar-refractivity contribution in [2.24, 2.45) is 0 Å². The number of carbonyl (C=O) groups excluding carboxylic acids is 1. The molecular weight excluding hydrogens is 414 g/mol. The van der Waals surface area contributed by atoms with Gasteiger partial charge in [0.05, 0.1) is 0 Å². The van der Waals surface area contributed by atoms with Crippen molar-refractivity contribution in [3.05, 3.63) is 58.4 Å². The maximum Gasteiger partial charge on any atom is 0.164 e. The Morgan fingerprint density at radius 3 is 1.65 bits per heavy atom. The summed E-state index contributed by atoms with van der Waals surface area (Å²) >= 11 is 0. The van der Waals surface area contributed by atoms with Gasteiger partial charge in [-0.25, -0.2) is 0 Å². The molecule has 0 radical (unpaired) electrons. The van der Waals surface area contributed by atoms with Crippen molar-refractivity contribution in [3.63, 3.8) is 0 Å². The Balaban J connectivity index is 1.54. The van der Waals surface area contributed by atoms with E-state index in [2.05, 4.69) is 62.7 Å². The largest absolute Gasteiger partial charge is 0.346 e. The van der Waals surface area contributed by atoms with E-state index in [0.717, 1.165) is 29.8 Å². The Bertz CT molecular complexity index is 814. The van der Waals surface area contributed by atoms with Crippen LogP contribution in [0.2, 0.25) is 0 Å². The number of Topliss-reactive ketones (excluding diaryl/α,β-unsaturated/α-hetero) is 1. The molecule has 0 aliphatic heterocycles. The van der Waals surface area contributed by atoms with E-state index in [1.807, 2.05) is 0 Å². The van der Waals surface area contributed by atoms with Crippen LogP contribution in [0.4, 0.5) is 0 Å². The van der Waals surface area contributed by atoms with E-state index in [9.17, 15) is 4.79 Å². The van der Waals surface area contributed by atoms with Gasteiger partial charge in [0.2, 0.25) is 0 Å². The summed E-state index contributed by atoms with van der Waals surface area (Å²) in [5.41, 5.74) is 5.76. The first-order valence-electron chi connectivity index (χ1n) is 14.3. The summed E-state index contributed by atoms with van der Waals surface area (Å²) in [6.45, 7) is 9.41. The minimum atomic E-state index is 0.326. The van der Waals surface area contributed by atoms with E-state index in [-0.39, 0.29) is 0 Å². The normalized spacial score (nSPS) is 11.3. The van der Waals surface area contributed by atoms with Gasteiger partial charge in [0.15, 0.2) is 5.78 Å². The average Bonchev–Trinajstić information content (AvgIpc) is 3.10. The maximum atomic E-state index is 12.9. The summed E-state index contributed by atoms with van der Waals surface area (Å²) < 4.78 is 2.24. The molecule has 1 heterocycles. The van der Waals surface area contributed by atoms with E-state index in [1.54, 1.807) is 0 Å². The quantitative estimate of drug-likeness (QED) is 0.149. The highest BCUT2D eigenvalue weighted by atomic mass is 16.1. The van der Waals surface area contributed by atoms with Crippen LogP contribution in [0.5, 0.6) is 0 Å². The Morgan fingerprint density at radius 1 is 0.676 bits per heavy atom. The second kappa shape index (κ2) is 16.7. The van der Waals surface area contributed by atoms with E-state index in [4.69, 9.17) is 0 Å². The lowest BCUT2D eigenvalue weighted by molar-refractivity contribution is 0.0978. The zero-order valence-electron chi connectivity index (χ0n) is 22.8. The van der Waals surface area contributed by atoms with E-state index >= 15 is 0 Å². The molecule has 2 nitrogen and oxygen atoms in total. The molecule has 0 spiro atoms. The third kappa shape index (κ3) is 10.6. The SMILES string of the molecule is CCCCCCCCCCCCCCCCCC(=O)c1c(C)cn(Cc2ccc(C)cc2)c1C. The van der Waals surface area contributed by atoms with E-state index < -0.39 is 0 Å². The fraction of sp³-hybridized carbons (Fsp3) is 0.656. The zero-order valence-corrected chi connectivity index (χ0v) is 22.8. The summed E-state index contributed by atoms with van der Waals surface area (Å²) in [5, 5.41) is 0. The monoisotopic (exact) mass is 465 g/mol. The van der Waals surface area contributed by atoms with Gasteiger partial charge in [-0.3, -0.25) is 4.79 Å². The standard InChI is InChI=1S/C32H51NO/c1-5-6-7-8-9-10-11-12-13-14-15-16-17-18-19-20-31(34)32-28(3)25-33(29(32)4)26-30-23-21-27(2)22-24-30/h21-25H,5-20,26H2,1-4H3. The number of hydrogen-bond donors (Lipinski definition) is 0. The number of aryl methyl sites for hydroxylation is 2. The molecule has 0 atom stereocenters. The van der Waals surface area contributed by atoms with Crippen LogP contribution in [-0.2, 0) is 6.54 Å². The van der Waals surface area contributed by atoms with Crippen molar-refractivity contribution in [1.82, 2.24) is 4.57 Å². The van der Waals surface area contributed by atoms with Gasteiger partial charge in [0, 0.05) is 30.4 Å². The lowest BCUT2D eigenvalue weighted by atomic mass is 10.0. The molecule has 0 unspecified atom stereocenters. The van der Waals surface area contributed by atoms with Gasteiger partial charge in [-0.2, -0.15) is 0 Å². The van der Waals surface area contributed by atoms with Crippen molar-refractivity contribution < 1.29 is 4.79 Å². The van der Waals surface area contributed by atoms with Crippen molar-refractivity contribution in [3.8, 4) is 0 Å². The van der Waals surface area contributed by atoms with E-state index in [1.165, 1.54) is 101 Å². The summed E-state index contributed by atoms with van der Waals surface area (Å²) in [7, 11) is 0. The number of unbranched alkanes of at least 4 members (excludes halogenated alkanes) is 14. The fourth-order valence-corrected chi connectivity index (χ4v) is 5.08. The average molecular weight is 466 g/mol. The predicted octanol–water partition coefficient (Wildman–Crippen LogP) is 9.91. The van der Waals surface area contributed by atoms with Crippen molar-refractivity contribution in [1.29, 1.82) is 0 Å². The Hall–Kier alpha value is -1.83. The number of nitrogens with zero attached hydrogens (tertiary/aromatic N) is 1. The minimum absolute atomic E-state index is 0.326. The third-order valence-corrected chi connectivity index (χ3v) is 7.30. The van der Waals surface area contributed by atoms with Gasteiger partial charge in [-0.15, -0.1) is 0 Å². The number of ketones is 1. The number of hydrogen-bond acceptors (Lipinski definition) is 1. The summed E-state index contributed by atoms with van der Waals surface area (Å²) in [6, 6.07) is 8.68. The van der Waals surface area contributed by atoms with Crippen LogP contribution in [0.3, 0.4) is 0 Å². The van der Waals surface area contributed by atoms with Gasteiger partial charge in [-0.05, 0) is 38.3 Å². The van der Waals surface area contributed by atoms with Crippen LogP contribution >= 0.6 is 0 Å². The van der Waals surface area contributed by atoms with Gasteiger partial charge >= 0.3 is 0 Å². The first kappa shape index (κ1) is 28.4. The van der Waals surface area contributed by atoms with Crippen LogP contribution < -0.4 is 0 Å². The smallest absolute Gasteiger partial charge is 0.164 e. The fourth-order valence-electron chi connectivity index (χ4n) is 5.08. The summed E-state index contributed by atoms with van der Waals surface area (Å²) in [6.07, 6.45) is 23.2. The van der Waals surface area contributed by atoms with Crippen LogP contribution in [0.25, 0.3) is 0 Å². The lowest BCUT2D eigenvalue weighted by Gasteiger charge is -2.08. The second-order valence-electron chi connectivity index (χ2n) is 10.5. The molecule has 0 aliphatic carbocycles. The summed E-state index contributed by atoms with van der Waals surface area (Å²) in [4.78, 5) is 12.9. The molecule has 0 aliphatic rings. The maximum absolute atomic E-state index is 12.9. The van der Waals surface area contributed by atoms with Gasteiger partial charge in [0.25, 0.3) is 0 Å². The highest BCUT2D eigenvalue weighted by molar-refractivity contribution is 5.98. The topological polar surface area (TPSA) is 22.0 Å². The molecule has 0 bridgehead atoms. The molecule has 0 fully saturated rings. The summed E-state index contributed by atoms with van der Waals surface area (Å²) in [5.74, 6) is 0.326. The lowest BCUT2D eigenvalue weighted by Crippen LogP contribution is -2.05. The van der Waals surface area contributed by atoms with Crippen LogP contribution in [-0.4, -0.2) is 10.4 Å². The predicted molar refractivity (Wildman–Crippen MR) is 148 cm³/mol. The second-order valence-corrected chi connectivity index (χ2v) is 10.5. The molecule has 0 saturated carbocycles. The molecule has 0 amide bonds. The number of rotatable bonds is 19. The minimum Gasteiger partial charge on any atom is -0.346 e. The van der Waals surface area contributed by atoms with Crippen molar-refractivity contribution >= 4 is 5.78 Å². The third-order valence-electron chi connectivity index (χ3n) is 7.30. The molecule has 2 aromatic rings. The molecular formula is C32H51NO. The van der Waals surface area contributed by atoms with Crippen LogP contribution in [0.1, 0.15) is 142 Å². The number of carbonyl (C=O) groups is 1. The van der Waals surface area contributed by atoms with E-state index in [0.29, 0.717) is 12.2 Å². The van der Waals surface area contributed by atoms with Crippen LogP contribution in [0.15, 0.2) is 30.5 Å². The Morgan fingerprint density at radius 2 is 1.15 bits per heavy atom. The first-order valence-corrected chi connectivity index (χ1v) is 14.3. The molecule has 34 heavy (non-hydrogen) atoms. The molecule has 190 valence electrons. The van der Waals surface area contributed by atoms with Gasteiger partial charge < -0.3 is 4.57 Å². The molecule has 2 rings (SSSR count). The van der Waals surface area contributed by atoms with Gasteiger partial charge in [0.1, 0.15) is 0 Å². The van der Waals surface area contributed by atoms with Crippen LogP contribution in [0, 0.1) is 20.8 Å². The number of benzene rings is 1. The van der Waals surface area contributed by atoms with Crippen molar-refractivity contribution in [2.75, 3.05) is 0 Å². The molecule has 0 N–H and O–H groups in total. The highest BCUT2D eigenvalue weighted by Gasteiger charge is 2.16. The molecule has 0 saturated heterocycles. The highest BCUT2D eigenvalue weighted by Crippen LogP contribution is 2.21. The Labute approximate surface area is 210 Å².